The summed E-state index contributed by atoms with van der Waals surface area (Å²) >= 11 is 0. The lowest BCUT2D eigenvalue weighted by molar-refractivity contribution is 0.391. The van der Waals surface area contributed by atoms with Gasteiger partial charge < -0.3 is 14.2 Å². The number of allylic oxidation sites excluding steroid dienone is 4. The molecule has 4 rings (SSSR count). The second-order valence-corrected chi connectivity index (χ2v) is 7.09. The Labute approximate surface area is 160 Å². The maximum absolute atomic E-state index is 6.24. The molecule has 0 radical (unpaired) electrons. The van der Waals surface area contributed by atoms with Gasteiger partial charge in [0.05, 0.1) is 5.69 Å². The highest BCUT2D eigenvalue weighted by Gasteiger charge is 2.28. The molecule has 4 nitrogen and oxygen atoms in total. The summed E-state index contributed by atoms with van der Waals surface area (Å²) < 4.78 is 6.24. The molecule has 3 aromatic rings. The van der Waals surface area contributed by atoms with Crippen LogP contribution in [-0.4, -0.2) is 16.0 Å². The van der Waals surface area contributed by atoms with Crippen molar-refractivity contribution >= 4 is 27.8 Å². The van der Waals surface area contributed by atoms with Gasteiger partial charge in [0, 0.05) is 34.6 Å². The largest absolute Gasteiger partial charge is 0.435 e. The first-order valence-electron chi connectivity index (χ1n) is 9.35. The predicted molar refractivity (Wildman–Crippen MR) is 112 cm³/mol. The zero-order valence-electron chi connectivity index (χ0n) is 16.5. The average molecular weight is 359 g/mol. The molecule has 0 spiro atoms. The SMILES string of the molecule is C/C=C\C=C(/C)N1C=CN(c2c(C)ccc3c2oc2nc(C)ccc23)[C@H]1C. The second-order valence-electron chi connectivity index (χ2n) is 7.09. The summed E-state index contributed by atoms with van der Waals surface area (Å²) in [5.41, 5.74) is 6.06. The highest BCUT2D eigenvalue weighted by Crippen LogP contribution is 2.39. The van der Waals surface area contributed by atoms with Crippen molar-refractivity contribution in [3.8, 4) is 0 Å². The number of furan rings is 1. The number of pyridine rings is 1. The maximum Gasteiger partial charge on any atom is 0.227 e. The van der Waals surface area contributed by atoms with Gasteiger partial charge in [-0.05, 0) is 58.4 Å². The molecule has 0 bridgehead atoms. The van der Waals surface area contributed by atoms with E-state index in [-0.39, 0.29) is 6.17 Å². The molecule has 1 aromatic carbocycles. The van der Waals surface area contributed by atoms with Crippen LogP contribution in [0.5, 0.6) is 0 Å². The molecular weight excluding hydrogens is 334 g/mol. The number of rotatable bonds is 3. The zero-order chi connectivity index (χ0) is 19.1. The molecule has 0 fully saturated rings. The fourth-order valence-electron chi connectivity index (χ4n) is 3.74. The van der Waals surface area contributed by atoms with Crippen LogP contribution >= 0.6 is 0 Å². The van der Waals surface area contributed by atoms with Crippen LogP contribution in [0.1, 0.15) is 32.0 Å². The molecule has 0 aliphatic carbocycles. The monoisotopic (exact) mass is 359 g/mol. The van der Waals surface area contributed by atoms with Crippen LogP contribution in [0.2, 0.25) is 0 Å². The Morgan fingerprint density at radius 1 is 1.11 bits per heavy atom. The first-order valence-corrected chi connectivity index (χ1v) is 9.35. The van der Waals surface area contributed by atoms with Gasteiger partial charge in [0.1, 0.15) is 6.17 Å². The van der Waals surface area contributed by atoms with Gasteiger partial charge in [0.2, 0.25) is 5.71 Å². The van der Waals surface area contributed by atoms with Crippen molar-refractivity contribution in [2.75, 3.05) is 4.90 Å². The van der Waals surface area contributed by atoms with Gasteiger partial charge in [0.15, 0.2) is 5.58 Å². The molecule has 0 amide bonds. The standard InChI is InChI=1S/C23H25N3O/c1-6-7-8-17(4)25-13-14-26(18(25)5)21-15(2)9-11-19-20-12-10-16(3)24-23(20)27-22(19)21/h6-14,18H,1-5H3/b7-6-,17-8+/t18-/m0/s1. The van der Waals surface area contributed by atoms with E-state index in [4.69, 9.17) is 4.42 Å². The van der Waals surface area contributed by atoms with E-state index >= 15 is 0 Å². The molecule has 0 saturated carbocycles. The van der Waals surface area contributed by atoms with Crippen LogP contribution in [0.15, 0.2) is 65.0 Å². The Kier molecular flexibility index (Phi) is 4.27. The molecule has 1 aliphatic rings. The van der Waals surface area contributed by atoms with Crippen molar-refractivity contribution in [3.63, 3.8) is 0 Å². The number of benzene rings is 1. The number of hydrogen-bond acceptors (Lipinski definition) is 4. The zero-order valence-corrected chi connectivity index (χ0v) is 16.5. The molecule has 4 heteroatoms. The smallest absolute Gasteiger partial charge is 0.227 e. The summed E-state index contributed by atoms with van der Waals surface area (Å²) in [7, 11) is 0. The van der Waals surface area contributed by atoms with Crippen LogP contribution in [0.4, 0.5) is 5.69 Å². The Morgan fingerprint density at radius 2 is 1.89 bits per heavy atom. The lowest BCUT2D eigenvalue weighted by atomic mass is 10.1. The topological polar surface area (TPSA) is 32.5 Å². The van der Waals surface area contributed by atoms with Crippen molar-refractivity contribution in [2.45, 2.75) is 40.8 Å². The summed E-state index contributed by atoms with van der Waals surface area (Å²) in [4.78, 5) is 9.12. The lowest BCUT2D eigenvalue weighted by Gasteiger charge is -2.31. The number of aryl methyl sites for hydroxylation is 2. The molecule has 0 unspecified atom stereocenters. The van der Waals surface area contributed by atoms with Crippen molar-refractivity contribution in [1.29, 1.82) is 0 Å². The van der Waals surface area contributed by atoms with E-state index in [9.17, 15) is 0 Å². The minimum absolute atomic E-state index is 0.165. The minimum Gasteiger partial charge on any atom is -0.435 e. The van der Waals surface area contributed by atoms with Crippen LogP contribution in [0.25, 0.3) is 22.1 Å². The van der Waals surface area contributed by atoms with Crippen molar-refractivity contribution < 1.29 is 4.42 Å². The number of aromatic nitrogens is 1. The van der Waals surface area contributed by atoms with Crippen molar-refractivity contribution in [2.24, 2.45) is 0 Å². The number of anilines is 1. The molecule has 0 saturated heterocycles. The summed E-state index contributed by atoms with van der Waals surface area (Å²) in [6.45, 7) is 10.5. The molecule has 3 heterocycles. The van der Waals surface area contributed by atoms with Gasteiger partial charge in [-0.15, -0.1) is 0 Å². The molecule has 1 aliphatic heterocycles. The van der Waals surface area contributed by atoms with Gasteiger partial charge in [-0.1, -0.05) is 24.3 Å². The predicted octanol–water partition coefficient (Wildman–Crippen LogP) is 6.02. The van der Waals surface area contributed by atoms with E-state index in [0.29, 0.717) is 5.71 Å². The Bertz CT molecular complexity index is 1100. The fraction of sp³-hybridized carbons (Fsp3) is 0.261. The number of fused-ring (bicyclic) bond motifs is 3. The second kappa shape index (κ2) is 6.62. The number of nitrogens with zero attached hydrogens (tertiary/aromatic N) is 3. The van der Waals surface area contributed by atoms with Gasteiger partial charge in [0.25, 0.3) is 0 Å². The fourth-order valence-corrected chi connectivity index (χ4v) is 3.74. The highest BCUT2D eigenvalue weighted by atomic mass is 16.3. The molecule has 27 heavy (non-hydrogen) atoms. The lowest BCUT2D eigenvalue weighted by Crippen LogP contribution is -2.35. The van der Waals surface area contributed by atoms with Gasteiger partial charge >= 0.3 is 0 Å². The maximum atomic E-state index is 6.24. The Balaban J connectivity index is 1.83. The Hall–Kier alpha value is -3.01. The van der Waals surface area contributed by atoms with E-state index < -0.39 is 0 Å². The van der Waals surface area contributed by atoms with Gasteiger partial charge in [-0.25, -0.2) is 4.98 Å². The van der Waals surface area contributed by atoms with Crippen molar-refractivity contribution in [3.05, 3.63) is 71.8 Å². The van der Waals surface area contributed by atoms with E-state index in [0.717, 1.165) is 27.7 Å². The quantitative estimate of drug-likeness (QED) is 0.536. The summed E-state index contributed by atoms with van der Waals surface area (Å²) in [5, 5.41) is 2.17. The van der Waals surface area contributed by atoms with Crippen molar-refractivity contribution in [1.82, 2.24) is 9.88 Å². The van der Waals surface area contributed by atoms with E-state index in [2.05, 4.69) is 78.3 Å². The molecule has 138 valence electrons. The van der Waals surface area contributed by atoms with Crippen LogP contribution in [0.3, 0.4) is 0 Å². The highest BCUT2D eigenvalue weighted by molar-refractivity contribution is 6.08. The van der Waals surface area contributed by atoms with Crippen LogP contribution < -0.4 is 4.90 Å². The van der Waals surface area contributed by atoms with E-state index in [1.165, 1.54) is 11.3 Å². The van der Waals surface area contributed by atoms with Crippen LogP contribution in [-0.2, 0) is 0 Å². The van der Waals surface area contributed by atoms with E-state index in [1.807, 2.05) is 26.0 Å². The van der Waals surface area contributed by atoms with Gasteiger partial charge in [-0.2, -0.15) is 0 Å². The molecule has 2 aromatic heterocycles. The van der Waals surface area contributed by atoms with Gasteiger partial charge in [-0.3, -0.25) is 0 Å². The third-order valence-electron chi connectivity index (χ3n) is 5.21. The normalized spacial score (nSPS) is 18.0. The van der Waals surface area contributed by atoms with E-state index in [1.54, 1.807) is 0 Å². The first-order chi connectivity index (χ1) is 13.0. The molecule has 1 atom stereocenters. The summed E-state index contributed by atoms with van der Waals surface area (Å²) in [6, 6.07) is 8.43. The first kappa shape index (κ1) is 17.4. The number of hydrogen-bond donors (Lipinski definition) is 0. The minimum atomic E-state index is 0.165. The third-order valence-corrected chi connectivity index (χ3v) is 5.21. The summed E-state index contributed by atoms with van der Waals surface area (Å²) in [6.07, 6.45) is 10.7. The van der Waals surface area contributed by atoms with Crippen LogP contribution in [0, 0.1) is 13.8 Å². The average Bonchev–Trinajstić information content (AvgIpc) is 3.19. The molecular formula is C23H25N3O. The third kappa shape index (κ3) is 2.81. The summed E-state index contributed by atoms with van der Waals surface area (Å²) in [5.74, 6) is 0. The Morgan fingerprint density at radius 3 is 2.67 bits per heavy atom. The molecule has 0 N–H and O–H groups in total.